The molecular weight excluding hydrogens is 384 g/mol. The van der Waals surface area contributed by atoms with E-state index in [0.717, 1.165) is 27.2 Å². The fourth-order valence-corrected chi connectivity index (χ4v) is 4.77. The molecule has 0 fully saturated rings. The molecule has 4 rings (SSSR count). The first-order valence-corrected chi connectivity index (χ1v) is 9.91. The summed E-state index contributed by atoms with van der Waals surface area (Å²) in [4.78, 5) is 31.1. The highest BCUT2D eigenvalue weighted by Gasteiger charge is 2.21. The minimum absolute atomic E-state index is 0.330. The highest BCUT2D eigenvalue weighted by molar-refractivity contribution is 7.99. The van der Waals surface area contributed by atoms with Crippen molar-refractivity contribution in [2.24, 2.45) is 0 Å². The molecule has 4 heterocycles. The smallest absolute Gasteiger partial charge is 0.348 e. The normalized spacial score (nSPS) is 11.4. The number of esters is 1. The standard InChI is InChI=1S/C17H16N6O2S2/c1-5-25-15(24)12-10(4)11-13(26-12)18-7-19-14(11)27-17-21-16-20-8(2)6-9(3)23(16)22-17/h6-7H,5H2,1-4H3. The van der Waals surface area contributed by atoms with E-state index in [2.05, 4.69) is 25.0 Å². The van der Waals surface area contributed by atoms with E-state index >= 15 is 0 Å². The fourth-order valence-electron chi connectivity index (χ4n) is 2.79. The summed E-state index contributed by atoms with van der Waals surface area (Å²) in [7, 11) is 0. The number of rotatable bonds is 4. The number of carbonyl (C=O) groups is 1. The Morgan fingerprint density at radius 3 is 2.85 bits per heavy atom. The van der Waals surface area contributed by atoms with Gasteiger partial charge < -0.3 is 4.74 Å². The Bertz CT molecular complexity index is 1180. The van der Waals surface area contributed by atoms with Crippen LogP contribution in [0.5, 0.6) is 0 Å². The zero-order chi connectivity index (χ0) is 19.1. The maximum atomic E-state index is 12.2. The number of hydrogen-bond donors (Lipinski definition) is 0. The Morgan fingerprint density at radius 2 is 2.07 bits per heavy atom. The summed E-state index contributed by atoms with van der Waals surface area (Å²) in [6, 6.07) is 1.95. The van der Waals surface area contributed by atoms with Crippen molar-refractivity contribution >= 4 is 45.1 Å². The summed E-state index contributed by atoms with van der Waals surface area (Å²) >= 11 is 2.64. The highest BCUT2D eigenvalue weighted by Crippen LogP contribution is 2.37. The minimum Gasteiger partial charge on any atom is -0.462 e. The summed E-state index contributed by atoms with van der Waals surface area (Å²) in [5, 5.41) is 6.59. The molecule has 27 heavy (non-hydrogen) atoms. The summed E-state index contributed by atoms with van der Waals surface area (Å²) < 4.78 is 6.85. The molecule has 0 aliphatic heterocycles. The second-order valence-electron chi connectivity index (χ2n) is 5.88. The summed E-state index contributed by atoms with van der Waals surface area (Å²) in [5.41, 5.74) is 2.66. The lowest BCUT2D eigenvalue weighted by molar-refractivity contribution is 0.0531. The Balaban J connectivity index is 1.78. The van der Waals surface area contributed by atoms with Crippen LogP contribution >= 0.6 is 23.1 Å². The summed E-state index contributed by atoms with van der Waals surface area (Å²) in [5.74, 6) is 0.213. The van der Waals surface area contributed by atoms with Crippen molar-refractivity contribution in [3.63, 3.8) is 0 Å². The largest absolute Gasteiger partial charge is 0.462 e. The Labute approximate surface area is 163 Å². The van der Waals surface area contributed by atoms with Crippen LogP contribution in [0.1, 0.15) is 33.5 Å². The third kappa shape index (κ3) is 3.15. The first-order chi connectivity index (χ1) is 13.0. The lowest BCUT2D eigenvalue weighted by atomic mass is 10.2. The predicted molar refractivity (Wildman–Crippen MR) is 102 cm³/mol. The summed E-state index contributed by atoms with van der Waals surface area (Å²) in [6.45, 7) is 7.88. The Kier molecular flexibility index (Phi) is 4.52. The number of aryl methyl sites for hydroxylation is 3. The molecule has 0 saturated carbocycles. The molecule has 0 amide bonds. The zero-order valence-electron chi connectivity index (χ0n) is 15.2. The van der Waals surface area contributed by atoms with Gasteiger partial charge in [-0.2, -0.15) is 4.98 Å². The van der Waals surface area contributed by atoms with E-state index in [1.807, 2.05) is 26.8 Å². The van der Waals surface area contributed by atoms with Crippen LogP contribution in [0, 0.1) is 20.8 Å². The van der Waals surface area contributed by atoms with Gasteiger partial charge in [0.1, 0.15) is 21.1 Å². The molecule has 10 heteroatoms. The van der Waals surface area contributed by atoms with E-state index in [1.54, 1.807) is 11.4 Å². The maximum Gasteiger partial charge on any atom is 0.348 e. The zero-order valence-corrected chi connectivity index (χ0v) is 16.8. The number of nitrogens with zero attached hydrogens (tertiary/aromatic N) is 6. The van der Waals surface area contributed by atoms with E-state index in [4.69, 9.17) is 4.74 Å². The van der Waals surface area contributed by atoms with Crippen molar-refractivity contribution < 1.29 is 9.53 Å². The van der Waals surface area contributed by atoms with Gasteiger partial charge in [0, 0.05) is 16.8 Å². The number of ether oxygens (including phenoxy) is 1. The van der Waals surface area contributed by atoms with Crippen LogP contribution in [0.3, 0.4) is 0 Å². The van der Waals surface area contributed by atoms with Gasteiger partial charge in [-0.25, -0.2) is 24.3 Å². The Hall–Kier alpha value is -2.59. The van der Waals surface area contributed by atoms with Crippen LogP contribution in [0.2, 0.25) is 0 Å². The molecule has 0 aliphatic carbocycles. The monoisotopic (exact) mass is 400 g/mol. The van der Waals surface area contributed by atoms with Crippen molar-refractivity contribution in [1.82, 2.24) is 29.5 Å². The lowest BCUT2D eigenvalue weighted by Gasteiger charge is -2.01. The maximum absolute atomic E-state index is 12.2. The van der Waals surface area contributed by atoms with Gasteiger partial charge in [-0.3, -0.25) is 0 Å². The van der Waals surface area contributed by atoms with Crippen molar-refractivity contribution in [3.05, 3.63) is 34.2 Å². The molecule has 0 N–H and O–H groups in total. The van der Waals surface area contributed by atoms with Gasteiger partial charge in [0.05, 0.1) is 6.61 Å². The molecule has 0 saturated heterocycles. The Morgan fingerprint density at radius 1 is 1.26 bits per heavy atom. The molecule has 0 radical (unpaired) electrons. The average molecular weight is 400 g/mol. The second kappa shape index (κ2) is 6.86. The first-order valence-electron chi connectivity index (χ1n) is 8.28. The van der Waals surface area contributed by atoms with Crippen LogP contribution in [0.15, 0.2) is 22.6 Å². The number of aromatic nitrogens is 6. The van der Waals surface area contributed by atoms with Crippen LogP contribution in [-0.2, 0) is 4.74 Å². The van der Waals surface area contributed by atoms with Crippen LogP contribution in [0.4, 0.5) is 0 Å². The molecular formula is C17H16N6O2S2. The molecule has 0 unspecified atom stereocenters. The van der Waals surface area contributed by atoms with Gasteiger partial charge in [0.2, 0.25) is 5.16 Å². The van der Waals surface area contributed by atoms with Gasteiger partial charge in [0.15, 0.2) is 0 Å². The van der Waals surface area contributed by atoms with E-state index < -0.39 is 0 Å². The van der Waals surface area contributed by atoms with Gasteiger partial charge in [-0.05, 0) is 51.1 Å². The van der Waals surface area contributed by atoms with Gasteiger partial charge >= 0.3 is 5.97 Å². The number of carbonyl (C=O) groups excluding carboxylic acids is 1. The second-order valence-corrected chi connectivity index (χ2v) is 7.84. The number of thiophene rings is 1. The third-order valence-electron chi connectivity index (χ3n) is 3.94. The van der Waals surface area contributed by atoms with Gasteiger partial charge in [-0.15, -0.1) is 16.4 Å². The van der Waals surface area contributed by atoms with E-state index in [1.165, 1.54) is 29.4 Å². The molecule has 0 bridgehead atoms. The molecule has 0 atom stereocenters. The topological polar surface area (TPSA) is 95.2 Å². The molecule has 0 aromatic carbocycles. The highest BCUT2D eigenvalue weighted by atomic mass is 32.2. The van der Waals surface area contributed by atoms with Crippen LogP contribution < -0.4 is 0 Å². The van der Waals surface area contributed by atoms with Crippen molar-refractivity contribution in [3.8, 4) is 0 Å². The molecule has 8 nitrogen and oxygen atoms in total. The van der Waals surface area contributed by atoms with Crippen molar-refractivity contribution in [2.45, 2.75) is 37.9 Å². The van der Waals surface area contributed by atoms with Gasteiger partial charge in [0.25, 0.3) is 5.78 Å². The average Bonchev–Trinajstić information content (AvgIpc) is 3.17. The SMILES string of the molecule is CCOC(=O)c1sc2ncnc(Sc3nc4nc(C)cc(C)n4n3)c2c1C. The van der Waals surface area contributed by atoms with E-state index in [-0.39, 0.29) is 5.97 Å². The molecule has 0 aliphatic rings. The lowest BCUT2D eigenvalue weighted by Crippen LogP contribution is -2.03. The van der Waals surface area contributed by atoms with Gasteiger partial charge in [-0.1, -0.05) is 0 Å². The van der Waals surface area contributed by atoms with E-state index in [9.17, 15) is 4.79 Å². The molecule has 4 aromatic heterocycles. The fraction of sp³-hybridized carbons (Fsp3) is 0.294. The van der Waals surface area contributed by atoms with Crippen LogP contribution in [-0.4, -0.2) is 42.1 Å². The number of hydrogen-bond acceptors (Lipinski definition) is 9. The quantitative estimate of drug-likeness (QED) is 0.380. The minimum atomic E-state index is -0.338. The van der Waals surface area contributed by atoms with Crippen LogP contribution in [0.25, 0.3) is 16.0 Å². The third-order valence-corrected chi connectivity index (χ3v) is 5.98. The molecule has 4 aromatic rings. The molecule has 138 valence electrons. The van der Waals surface area contributed by atoms with E-state index in [0.29, 0.717) is 27.4 Å². The predicted octanol–water partition coefficient (Wildman–Crippen LogP) is 3.38. The number of fused-ring (bicyclic) bond motifs is 2. The summed E-state index contributed by atoms with van der Waals surface area (Å²) in [6.07, 6.45) is 1.49. The molecule has 0 spiro atoms. The first kappa shape index (κ1) is 17.8. The van der Waals surface area contributed by atoms with Crippen molar-refractivity contribution in [2.75, 3.05) is 6.61 Å². The van der Waals surface area contributed by atoms with Crippen molar-refractivity contribution in [1.29, 1.82) is 0 Å².